The first-order valence-corrected chi connectivity index (χ1v) is 5.05. The second-order valence-corrected chi connectivity index (χ2v) is 3.98. The van der Waals surface area contributed by atoms with Gasteiger partial charge in [0.05, 0.1) is 6.10 Å². The number of likely N-dealkylation sites (tertiary alicyclic amines) is 1. The van der Waals surface area contributed by atoms with Crippen molar-refractivity contribution in [2.75, 3.05) is 20.1 Å². The number of hydrogen-bond donors (Lipinski definition) is 1. The molecule has 1 aliphatic rings. The number of aliphatic hydroxyl groups excluding tert-OH is 1. The molecule has 2 atom stereocenters. The zero-order valence-electron chi connectivity index (χ0n) is 8.43. The van der Waals surface area contributed by atoms with E-state index >= 15 is 0 Å². The van der Waals surface area contributed by atoms with Crippen molar-refractivity contribution in [1.82, 2.24) is 9.88 Å². The molecule has 3 nitrogen and oxygen atoms in total. The summed E-state index contributed by atoms with van der Waals surface area (Å²) >= 11 is 0. The summed E-state index contributed by atoms with van der Waals surface area (Å²) in [6.45, 7) is 1.79. The van der Waals surface area contributed by atoms with Gasteiger partial charge in [0.1, 0.15) is 0 Å². The van der Waals surface area contributed by atoms with Gasteiger partial charge in [-0.05, 0) is 32.1 Å². The van der Waals surface area contributed by atoms with E-state index in [-0.39, 0.29) is 12.0 Å². The fourth-order valence-corrected chi connectivity index (χ4v) is 2.03. The van der Waals surface area contributed by atoms with Gasteiger partial charge in [0.15, 0.2) is 0 Å². The predicted octanol–water partition coefficient (Wildman–Crippen LogP) is 0.862. The quantitative estimate of drug-likeness (QED) is 0.717. The van der Waals surface area contributed by atoms with Crippen molar-refractivity contribution in [3.8, 4) is 0 Å². The van der Waals surface area contributed by atoms with Crippen LogP contribution in [-0.4, -0.2) is 41.2 Å². The van der Waals surface area contributed by atoms with Gasteiger partial charge in [-0.15, -0.1) is 0 Å². The molecular formula is C11H16N2O. The van der Waals surface area contributed by atoms with Gasteiger partial charge < -0.3 is 10.0 Å². The molecule has 0 aromatic carbocycles. The topological polar surface area (TPSA) is 36.4 Å². The summed E-state index contributed by atoms with van der Waals surface area (Å²) in [5, 5.41) is 9.91. The standard InChI is InChI=1S/C11H16N2O/c1-13-7-5-9(11(14)8-13)10-4-2-3-6-12-10/h2-4,6,9,11,14H,5,7-8H2,1H3. The molecule has 1 aromatic heterocycles. The summed E-state index contributed by atoms with van der Waals surface area (Å²) in [6, 6.07) is 5.89. The average Bonchev–Trinajstić information content (AvgIpc) is 2.19. The summed E-state index contributed by atoms with van der Waals surface area (Å²) < 4.78 is 0. The zero-order chi connectivity index (χ0) is 9.97. The predicted molar refractivity (Wildman–Crippen MR) is 55.1 cm³/mol. The molecule has 14 heavy (non-hydrogen) atoms. The second-order valence-electron chi connectivity index (χ2n) is 3.98. The molecule has 0 radical (unpaired) electrons. The number of likely N-dealkylation sites (N-methyl/N-ethyl adjacent to an activating group) is 1. The summed E-state index contributed by atoms with van der Waals surface area (Å²) in [5.74, 6) is 0.215. The van der Waals surface area contributed by atoms with Gasteiger partial charge in [0.25, 0.3) is 0 Å². The number of piperidine rings is 1. The van der Waals surface area contributed by atoms with Crippen LogP contribution in [0.3, 0.4) is 0 Å². The lowest BCUT2D eigenvalue weighted by Gasteiger charge is -2.33. The van der Waals surface area contributed by atoms with Crippen molar-refractivity contribution in [2.24, 2.45) is 0 Å². The number of hydrogen-bond acceptors (Lipinski definition) is 3. The molecule has 1 saturated heterocycles. The number of aliphatic hydroxyl groups is 1. The number of pyridine rings is 1. The first-order chi connectivity index (χ1) is 6.77. The Kier molecular flexibility index (Phi) is 2.79. The third-order valence-electron chi connectivity index (χ3n) is 2.85. The molecule has 0 amide bonds. The van der Waals surface area contributed by atoms with Crippen LogP contribution in [0.4, 0.5) is 0 Å². The van der Waals surface area contributed by atoms with Gasteiger partial charge in [-0.1, -0.05) is 6.07 Å². The Morgan fingerprint density at radius 2 is 2.36 bits per heavy atom. The molecule has 0 bridgehead atoms. The van der Waals surface area contributed by atoms with Crippen LogP contribution in [0.1, 0.15) is 18.0 Å². The summed E-state index contributed by atoms with van der Waals surface area (Å²) in [4.78, 5) is 6.46. The minimum atomic E-state index is -0.274. The fourth-order valence-electron chi connectivity index (χ4n) is 2.03. The second kappa shape index (κ2) is 4.07. The minimum Gasteiger partial charge on any atom is -0.391 e. The fraction of sp³-hybridized carbons (Fsp3) is 0.545. The number of nitrogens with zero attached hydrogens (tertiary/aromatic N) is 2. The van der Waals surface area contributed by atoms with Crippen LogP contribution < -0.4 is 0 Å². The van der Waals surface area contributed by atoms with E-state index in [2.05, 4.69) is 9.88 Å². The zero-order valence-corrected chi connectivity index (χ0v) is 8.43. The first kappa shape index (κ1) is 9.62. The Morgan fingerprint density at radius 1 is 1.50 bits per heavy atom. The maximum Gasteiger partial charge on any atom is 0.0750 e. The van der Waals surface area contributed by atoms with E-state index in [9.17, 15) is 5.11 Å². The van der Waals surface area contributed by atoms with Crippen molar-refractivity contribution in [1.29, 1.82) is 0 Å². The van der Waals surface area contributed by atoms with Gasteiger partial charge >= 0.3 is 0 Å². The largest absolute Gasteiger partial charge is 0.391 e. The van der Waals surface area contributed by atoms with E-state index in [0.717, 1.165) is 25.2 Å². The third-order valence-corrected chi connectivity index (χ3v) is 2.85. The summed E-state index contributed by atoms with van der Waals surface area (Å²) in [5.41, 5.74) is 1.02. The highest BCUT2D eigenvalue weighted by molar-refractivity contribution is 5.12. The van der Waals surface area contributed by atoms with E-state index < -0.39 is 0 Å². The molecule has 0 saturated carbocycles. The number of β-amino-alcohol motifs (C(OH)–C–C–N with tert-alkyl or cyclic N) is 1. The SMILES string of the molecule is CN1CCC(c2ccccn2)C(O)C1. The van der Waals surface area contributed by atoms with Gasteiger partial charge in [-0.2, -0.15) is 0 Å². The summed E-state index contributed by atoms with van der Waals surface area (Å²) in [6.07, 6.45) is 2.51. The lowest BCUT2D eigenvalue weighted by Crippen LogP contribution is -2.40. The molecule has 3 heteroatoms. The molecule has 2 rings (SSSR count). The molecule has 1 fully saturated rings. The van der Waals surface area contributed by atoms with Crippen LogP contribution in [0, 0.1) is 0 Å². The molecule has 1 N–H and O–H groups in total. The van der Waals surface area contributed by atoms with Crippen LogP contribution in [0.5, 0.6) is 0 Å². The highest BCUT2D eigenvalue weighted by Crippen LogP contribution is 2.25. The number of aromatic nitrogens is 1. The summed E-state index contributed by atoms with van der Waals surface area (Å²) in [7, 11) is 2.04. The lowest BCUT2D eigenvalue weighted by molar-refractivity contribution is 0.0624. The average molecular weight is 192 g/mol. The van der Waals surface area contributed by atoms with E-state index in [1.54, 1.807) is 6.20 Å². The molecule has 76 valence electrons. The Hall–Kier alpha value is -0.930. The highest BCUT2D eigenvalue weighted by atomic mass is 16.3. The lowest BCUT2D eigenvalue weighted by atomic mass is 9.91. The minimum absolute atomic E-state index is 0.215. The van der Waals surface area contributed by atoms with Crippen molar-refractivity contribution in [3.63, 3.8) is 0 Å². The molecule has 1 aromatic rings. The molecule has 0 aliphatic carbocycles. The van der Waals surface area contributed by atoms with Crippen LogP contribution in [0.15, 0.2) is 24.4 Å². The normalized spacial score (nSPS) is 29.0. The van der Waals surface area contributed by atoms with Gasteiger partial charge in [0.2, 0.25) is 0 Å². The Bertz CT molecular complexity index is 289. The van der Waals surface area contributed by atoms with Crippen LogP contribution in [0.2, 0.25) is 0 Å². The molecular weight excluding hydrogens is 176 g/mol. The van der Waals surface area contributed by atoms with Gasteiger partial charge in [0, 0.05) is 24.4 Å². The third kappa shape index (κ3) is 1.94. The molecule has 0 spiro atoms. The molecule has 1 aliphatic heterocycles. The monoisotopic (exact) mass is 192 g/mol. The maximum absolute atomic E-state index is 9.91. The van der Waals surface area contributed by atoms with Crippen molar-refractivity contribution in [3.05, 3.63) is 30.1 Å². The van der Waals surface area contributed by atoms with E-state index in [1.807, 2.05) is 25.2 Å². The first-order valence-electron chi connectivity index (χ1n) is 5.05. The highest BCUT2D eigenvalue weighted by Gasteiger charge is 2.27. The van der Waals surface area contributed by atoms with Gasteiger partial charge in [-0.25, -0.2) is 0 Å². The van der Waals surface area contributed by atoms with Gasteiger partial charge in [-0.3, -0.25) is 4.98 Å². The molecule has 2 heterocycles. The number of rotatable bonds is 1. The van der Waals surface area contributed by atoms with Crippen LogP contribution >= 0.6 is 0 Å². The van der Waals surface area contributed by atoms with Crippen molar-refractivity contribution in [2.45, 2.75) is 18.4 Å². The Balaban J connectivity index is 2.12. The Morgan fingerprint density at radius 3 is 3.00 bits per heavy atom. The smallest absolute Gasteiger partial charge is 0.0750 e. The maximum atomic E-state index is 9.91. The van der Waals surface area contributed by atoms with Crippen molar-refractivity contribution >= 4 is 0 Å². The molecule has 2 unspecified atom stereocenters. The van der Waals surface area contributed by atoms with Crippen molar-refractivity contribution < 1.29 is 5.11 Å². The van der Waals surface area contributed by atoms with E-state index in [4.69, 9.17) is 0 Å². The van der Waals surface area contributed by atoms with E-state index in [0.29, 0.717) is 0 Å². The van der Waals surface area contributed by atoms with E-state index in [1.165, 1.54) is 0 Å². The Labute approximate surface area is 84.4 Å². The van der Waals surface area contributed by atoms with Crippen LogP contribution in [-0.2, 0) is 0 Å². The van der Waals surface area contributed by atoms with Crippen LogP contribution in [0.25, 0.3) is 0 Å².